The lowest BCUT2D eigenvalue weighted by Gasteiger charge is -2.10. The Balaban J connectivity index is 1.50. The molecule has 0 bridgehead atoms. The van der Waals surface area contributed by atoms with E-state index in [1.807, 2.05) is 24.4 Å². The van der Waals surface area contributed by atoms with Crippen molar-refractivity contribution in [2.45, 2.75) is 31.7 Å². The Morgan fingerprint density at radius 1 is 1.10 bits per heavy atom. The van der Waals surface area contributed by atoms with Crippen molar-refractivity contribution in [2.75, 3.05) is 6.79 Å². The average Bonchev–Trinajstić information content (AvgIpc) is 3.24. The molecule has 0 saturated heterocycles. The van der Waals surface area contributed by atoms with Crippen LogP contribution in [0.15, 0.2) is 41.7 Å². The van der Waals surface area contributed by atoms with Crippen molar-refractivity contribution < 1.29 is 9.47 Å². The van der Waals surface area contributed by atoms with Gasteiger partial charge < -0.3 is 14.0 Å². The fourth-order valence-corrected chi connectivity index (χ4v) is 3.05. The van der Waals surface area contributed by atoms with Gasteiger partial charge in [0.1, 0.15) is 0 Å². The van der Waals surface area contributed by atoms with Gasteiger partial charge in [-0.05, 0) is 31.0 Å². The maximum Gasteiger partial charge on any atom is 0.231 e. The molecule has 0 radical (unpaired) electrons. The molecule has 1 aliphatic carbocycles. The summed E-state index contributed by atoms with van der Waals surface area (Å²) in [6.45, 7) is 0.298. The largest absolute Gasteiger partial charge is 0.454 e. The Kier molecular flexibility index (Phi) is 3.14. The summed E-state index contributed by atoms with van der Waals surface area (Å²) >= 11 is 0. The molecule has 2 aliphatic rings. The van der Waals surface area contributed by atoms with Gasteiger partial charge in [0.2, 0.25) is 6.79 Å². The lowest BCUT2D eigenvalue weighted by Crippen LogP contribution is -2.00. The summed E-state index contributed by atoms with van der Waals surface area (Å²) in [6.07, 6.45) is 11.6. The third-order valence-corrected chi connectivity index (χ3v) is 4.20. The Labute approximate surface area is 124 Å². The molecule has 0 amide bonds. The number of rotatable bonds is 3. The molecule has 1 aromatic carbocycles. The summed E-state index contributed by atoms with van der Waals surface area (Å²) in [5, 5.41) is 0. The number of hydrogen-bond donors (Lipinski definition) is 0. The van der Waals surface area contributed by atoms with Gasteiger partial charge in [0.05, 0.1) is 5.69 Å². The number of aromatic nitrogens is 1. The quantitative estimate of drug-likeness (QED) is 0.795. The van der Waals surface area contributed by atoms with Crippen LogP contribution in [0, 0.1) is 0 Å². The maximum atomic E-state index is 5.36. The first kappa shape index (κ1) is 12.5. The third-order valence-electron chi connectivity index (χ3n) is 4.20. The topological polar surface area (TPSA) is 35.8 Å². The van der Waals surface area contributed by atoms with E-state index in [2.05, 4.69) is 28.0 Å². The number of ether oxygens (including phenoxy) is 2. The van der Waals surface area contributed by atoms with Crippen molar-refractivity contribution in [3.8, 4) is 11.5 Å². The molecule has 0 atom stereocenters. The van der Waals surface area contributed by atoms with Crippen LogP contribution < -0.4 is 9.47 Å². The molecule has 0 N–H and O–H groups in total. The monoisotopic (exact) mass is 282 g/mol. The van der Waals surface area contributed by atoms with Crippen molar-refractivity contribution in [3.63, 3.8) is 0 Å². The predicted molar refractivity (Wildman–Crippen MR) is 81.8 cm³/mol. The van der Waals surface area contributed by atoms with Crippen LogP contribution in [-0.4, -0.2) is 17.6 Å². The van der Waals surface area contributed by atoms with E-state index in [4.69, 9.17) is 9.47 Å². The van der Waals surface area contributed by atoms with Crippen molar-refractivity contribution in [1.29, 1.82) is 0 Å². The Bertz CT molecular complexity index is 669. The van der Waals surface area contributed by atoms with Gasteiger partial charge in [-0.15, -0.1) is 0 Å². The molecule has 0 unspecified atom stereocenters. The van der Waals surface area contributed by atoms with Crippen LogP contribution in [0.2, 0.25) is 0 Å². The summed E-state index contributed by atoms with van der Waals surface area (Å²) in [7, 11) is 0. The van der Waals surface area contributed by atoms with Gasteiger partial charge in [-0.2, -0.15) is 0 Å². The van der Waals surface area contributed by atoms with Crippen LogP contribution in [0.5, 0.6) is 11.5 Å². The van der Waals surface area contributed by atoms with E-state index < -0.39 is 0 Å². The standard InChI is InChI=1S/C17H18N2O2/c1-2-4-15(3-1)19-8-7-13(11-19)10-18-14-5-6-16-17(9-14)21-12-20-16/h5-11,15H,1-4,12H2. The second-order valence-corrected chi connectivity index (χ2v) is 5.63. The maximum absolute atomic E-state index is 5.36. The van der Waals surface area contributed by atoms with Crippen LogP contribution in [0.25, 0.3) is 0 Å². The van der Waals surface area contributed by atoms with Crippen molar-refractivity contribution in [3.05, 3.63) is 42.2 Å². The highest BCUT2D eigenvalue weighted by Gasteiger charge is 2.16. The van der Waals surface area contributed by atoms with E-state index in [0.717, 1.165) is 22.7 Å². The van der Waals surface area contributed by atoms with Gasteiger partial charge in [0, 0.05) is 36.3 Å². The number of aliphatic imine (C=N–C) groups is 1. The molecule has 2 heterocycles. The highest BCUT2D eigenvalue weighted by Crippen LogP contribution is 2.35. The first-order valence-corrected chi connectivity index (χ1v) is 7.50. The second-order valence-electron chi connectivity index (χ2n) is 5.63. The third kappa shape index (κ3) is 2.53. The zero-order valence-electron chi connectivity index (χ0n) is 11.9. The normalized spacial score (nSPS) is 17.9. The molecular weight excluding hydrogens is 264 g/mol. The Morgan fingerprint density at radius 3 is 2.86 bits per heavy atom. The number of nitrogens with zero attached hydrogens (tertiary/aromatic N) is 2. The fraction of sp³-hybridized carbons (Fsp3) is 0.353. The molecule has 0 spiro atoms. The summed E-state index contributed by atoms with van der Waals surface area (Å²) in [5.74, 6) is 1.56. The number of hydrogen-bond acceptors (Lipinski definition) is 3. The lowest BCUT2D eigenvalue weighted by molar-refractivity contribution is 0.174. The Hall–Kier alpha value is -2.23. The minimum absolute atomic E-state index is 0.298. The Morgan fingerprint density at radius 2 is 1.95 bits per heavy atom. The highest BCUT2D eigenvalue weighted by atomic mass is 16.7. The fourth-order valence-electron chi connectivity index (χ4n) is 3.05. The summed E-state index contributed by atoms with van der Waals surface area (Å²) < 4.78 is 13.0. The lowest BCUT2D eigenvalue weighted by atomic mass is 10.2. The van der Waals surface area contributed by atoms with E-state index in [1.165, 1.54) is 25.7 Å². The zero-order chi connectivity index (χ0) is 14.1. The molecule has 4 rings (SSSR count). The summed E-state index contributed by atoms with van der Waals surface area (Å²) in [4.78, 5) is 4.52. The highest BCUT2D eigenvalue weighted by molar-refractivity contribution is 5.81. The van der Waals surface area contributed by atoms with Crippen LogP contribution in [0.3, 0.4) is 0 Å². The smallest absolute Gasteiger partial charge is 0.231 e. The van der Waals surface area contributed by atoms with Crippen LogP contribution in [0.4, 0.5) is 5.69 Å². The SMILES string of the molecule is C(=Nc1ccc2c(c1)OCO2)c1ccn(C2CCCC2)c1. The van der Waals surface area contributed by atoms with Crippen molar-refractivity contribution in [1.82, 2.24) is 4.57 Å². The first-order chi connectivity index (χ1) is 10.4. The molecule has 21 heavy (non-hydrogen) atoms. The molecule has 1 saturated carbocycles. The van der Waals surface area contributed by atoms with Gasteiger partial charge in [-0.3, -0.25) is 4.99 Å². The zero-order valence-corrected chi connectivity index (χ0v) is 11.9. The first-order valence-electron chi connectivity index (χ1n) is 7.50. The van der Waals surface area contributed by atoms with Gasteiger partial charge >= 0.3 is 0 Å². The molecule has 108 valence electrons. The molecule has 1 aromatic heterocycles. The van der Waals surface area contributed by atoms with E-state index in [9.17, 15) is 0 Å². The molecule has 4 heteroatoms. The molecule has 4 nitrogen and oxygen atoms in total. The van der Waals surface area contributed by atoms with Crippen LogP contribution >= 0.6 is 0 Å². The average molecular weight is 282 g/mol. The summed E-state index contributed by atoms with van der Waals surface area (Å²) in [6, 6.07) is 8.55. The molecule has 1 fully saturated rings. The number of benzene rings is 1. The number of fused-ring (bicyclic) bond motifs is 1. The van der Waals surface area contributed by atoms with E-state index in [-0.39, 0.29) is 0 Å². The van der Waals surface area contributed by atoms with Gasteiger partial charge in [0.15, 0.2) is 11.5 Å². The molecule has 2 aromatic rings. The van der Waals surface area contributed by atoms with Crippen molar-refractivity contribution in [2.24, 2.45) is 4.99 Å². The van der Waals surface area contributed by atoms with Gasteiger partial charge in [-0.25, -0.2) is 0 Å². The van der Waals surface area contributed by atoms with Gasteiger partial charge in [0.25, 0.3) is 0 Å². The molecular formula is C17H18N2O2. The minimum Gasteiger partial charge on any atom is -0.454 e. The van der Waals surface area contributed by atoms with Gasteiger partial charge in [-0.1, -0.05) is 12.8 Å². The van der Waals surface area contributed by atoms with E-state index in [1.54, 1.807) is 0 Å². The van der Waals surface area contributed by atoms with Crippen molar-refractivity contribution >= 4 is 11.9 Å². The predicted octanol–water partition coefficient (Wildman–Crippen LogP) is 4.08. The van der Waals surface area contributed by atoms with E-state index in [0.29, 0.717) is 12.8 Å². The van der Waals surface area contributed by atoms with Crippen LogP contribution in [0.1, 0.15) is 37.3 Å². The minimum atomic E-state index is 0.298. The van der Waals surface area contributed by atoms with E-state index >= 15 is 0 Å². The second kappa shape index (κ2) is 5.28. The molecule has 1 aliphatic heterocycles. The van der Waals surface area contributed by atoms with Crippen LogP contribution in [-0.2, 0) is 0 Å². The summed E-state index contributed by atoms with van der Waals surface area (Å²) in [5.41, 5.74) is 2.02.